The van der Waals surface area contributed by atoms with E-state index in [2.05, 4.69) is 12.1 Å². The molecule has 0 radical (unpaired) electrons. The molecule has 0 aliphatic heterocycles. The largest absolute Gasteiger partial charge is 0.381 e. The van der Waals surface area contributed by atoms with Crippen molar-refractivity contribution in [2.24, 2.45) is 5.92 Å². The van der Waals surface area contributed by atoms with Crippen molar-refractivity contribution in [3.8, 4) is 0 Å². The molecule has 1 aliphatic carbocycles. The van der Waals surface area contributed by atoms with E-state index in [1.54, 1.807) is 0 Å². The van der Waals surface area contributed by atoms with Gasteiger partial charge < -0.3 is 10.3 Å². The molecule has 3 nitrogen and oxygen atoms in total. The Labute approximate surface area is 78.3 Å². The number of hydrogen-bond donors (Lipinski definition) is 1. The SMILES string of the molecule is Cc1c(N)noc1C1CCCC1C. The van der Waals surface area contributed by atoms with Crippen LogP contribution in [0.3, 0.4) is 0 Å². The third-order valence-electron chi connectivity index (χ3n) is 3.19. The molecule has 0 aromatic carbocycles. The second-order valence-electron chi connectivity index (χ2n) is 4.07. The normalized spacial score (nSPS) is 28.2. The quantitative estimate of drug-likeness (QED) is 0.722. The Morgan fingerprint density at radius 1 is 1.46 bits per heavy atom. The van der Waals surface area contributed by atoms with Crippen LogP contribution in [0.1, 0.15) is 43.4 Å². The van der Waals surface area contributed by atoms with Gasteiger partial charge in [-0.2, -0.15) is 0 Å². The fourth-order valence-electron chi connectivity index (χ4n) is 2.24. The first-order chi connectivity index (χ1) is 6.20. The zero-order valence-electron chi connectivity index (χ0n) is 8.21. The second kappa shape index (κ2) is 3.05. The monoisotopic (exact) mass is 180 g/mol. The van der Waals surface area contributed by atoms with Crippen molar-refractivity contribution in [2.45, 2.75) is 39.0 Å². The Hall–Kier alpha value is -0.990. The Morgan fingerprint density at radius 3 is 2.69 bits per heavy atom. The number of rotatable bonds is 1. The molecule has 1 fully saturated rings. The van der Waals surface area contributed by atoms with Gasteiger partial charge in [0.15, 0.2) is 5.82 Å². The van der Waals surface area contributed by atoms with E-state index in [0.29, 0.717) is 17.7 Å². The van der Waals surface area contributed by atoms with E-state index < -0.39 is 0 Å². The van der Waals surface area contributed by atoms with Crippen LogP contribution >= 0.6 is 0 Å². The minimum absolute atomic E-state index is 0.546. The third kappa shape index (κ3) is 1.32. The lowest BCUT2D eigenvalue weighted by molar-refractivity contribution is 0.339. The van der Waals surface area contributed by atoms with E-state index in [-0.39, 0.29) is 0 Å². The van der Waals surface area contributed by atoms with Gasteiger partial charge in [-0.25, -0.2) is 0 Å². The summed E-state index contributed by atoms with van der Waals surface area (Å²) in [5, 5.41) is 3.80. The van der Waals surface area contributed by atoms with E-state index in [9.17, 15) is 0 Å². The summed E-state index contributed by atoms with van der Waals surface area (Å²) in [6, 6.07) is 0. The van der Waals surface area contributed by atoms with Gasteiger partial charge in [-0.05, 0) is 25.7 Å². The van der Waals surface area contributed by atoms with E-state index in [0.717, 1.165) is 11.3 Å². The number of anilines is 1. The van der Waals surface area contributed by atoms with E-state index in [1.165, 1.54) is 19.3 Å². The summed E-state index contributed by atoms with van der Waals surface area (Å²) in [5.41, 5.74) is 6.69. The van der Waals surface area contributed by atoms with Crippen molar-refractivity contribution >= 4 is 5.82 Å². The molecule has 72 valence electrons. The molecular weight excluding hydrogens is 164 g/mol. The molecule has 2 N–H and O–H groups in total. The average Bonchev–Trinajstić information content (AvgIpc) is 2.62. The first-order valence-corrected chi connectivity index (χ1v) is 4.91. The first-order valence-electron chi connectivity index (χ1n) is 4.91. The van der Waals surface area contributed by atoms with E-state index in [1.807, 2.05) is 6.92 Å². The predicted molar refractivity (Wildman–Crippen MR) is 51.4 cm³/mol. The fourth-order valence-corrected chi connectivity index (χ4v) is 2.24. The van der Waals surface area contributed by atoms with Crippen LogP contribution in [0.15, 0.2) is 4.52 Å². The van der Waals surface area contributed by atoms with E-state index in [4.69, 9.17) is 10.3 Å². The van der Waals surface area contributed by atoms with Gasteiger partial charge in [0.2, 0.25) is 0 Å². The summed E-state index contributed by atoms with van der Waals surface area (Å²) in [6.07, 6.45) is 3.81. The van der Waals surface area contributed by atoms with Crippen LogP contribution in [0.4, 0.5) is 5.82 Å². The zero-order chi connectivity index (χ0) is 9.42. The molecule has 2 atom stereocenters. The van der Waals surface area contributed by atoms with Crippen LogP contribution in [-0.4, -0.2) is 5.16 Å². The molecule has 13 heavy (non-hydrogen) atoms. The summed E-state index contributed by atoms with van der Waals surface area (Å²) in [5.74, 6) is 2.83. The van der Waals surface area contributed by atoms with Gasteiger partial charge in [0.05, 0.1) is 0 Å². The Morgan fingerprint density at radius 2 is 2.23 bits per heavy atom. The molecule has 0 saturated heterocycles. The van der Waals surface area contributed by atoms with Crippen LogP contribution in [0.2, 0.25) is 0 Å². The summed E-state index contributed by atoms with van der Waals surface area (Å²) in [6.45, 7) is 4.27. The van der Waals surface area contributed by atoms with Gasteiger partial charge in [-0.3, -0.25) is 0 Å². The summed E-state index contributed by atoms with van der Waals surface area (Å²) in [7, 11) is 0. The van der Waals surface area contributed by atoms with Crippen molar-refractivity contribution < 1.29 is 4.52 Å². The van der Waals surface area contributed by atoms with Crippen molar-refractivity contribution in [2.75, 3.05) is 5.73 Å². The molecule has 2 unspecified atom stereocenters. The minimum atomic E-state index is 0.546. The number of nitrogen functional groups attached to an aromatic ring is 1. The lowest BCUT2D eigenvalue weighted by atomic mass is 9.93. The topological polar surface area (TPSA) is 52.0 Å². The zero-order valence-corrected chi connectivity index (χ0v) is 8.21. The van der Waals surface area contributed by atoms with Gasteiger partial charge >= 0.3 is 0 Å². The number of nitrogens with two attached hydrogens (primary N) is 1. The lowest BCUT2D eigenvalue weighted by Gasteiger charge is -2.11. The highest BCUT2D eigenvalue weighted by Gasteiger charge is 2.30. The second-order valence-corrected chi connectivity index (χ2v) is 4.07. The van der Waals surface area contributed by atoms with Gasteiger partial charge in [-0.15, -0.1) is 0 Å². The first kappa shape index (κ1) is 8.60. The maximum Gasteiger partial charge on any atom is 0.170 e. The highest BCUT2D eigenvalue weighted by Crippen LogP contribution is 2.41. The molecule has 1 saturated carbocycles. The molecule has 1 heterocycles. The molecule has 2 rings (SSSR count). The summed E-state index contributed by atoms with van der Waals surface area (Å²) in [4.78, 5) is 0. The Kier molecular flexibility index (Phi) is 2.02. The molecule has 3 heteroatoms. The highest BCUT2D eigenvalue weighted by molar-refractivity contribution is 5.40. The molecule has 0 spiro atoms. The molecule has 0 amide bonds. The van der Waals surface area contributed by atoms with Crippen LogP contribution in [-0.2, 0) is 0 Å². The molecule has 1 aliphatic rings. The van der Waals surface area contributed by atoms with Crippen molar-refractivity contribution in [3.63, 3.8) is 0 Å². The number of hydrogen-bond acceptors (Lipinski definition) is 3. The Balaban J connectivity index is 2.29. The van der Waals surface area contributed by atoms with Crippen LogP contribution in [0.5, 0.6) is 0 Å². The fraction of sp³-hybridized carbons (Fsp3) is 0.700. The number of aromatic nitrogens is 1. The van der Waals surface area contributed by atoms with Crippen LogP contribution in [0, 0.1) is 12.8 Å². The lowest BCUT2D eigenvalue weighted by Crippen LogP contribution is -2.02. The minimum Gasteiger partial charge on any atom is -0.381 e. The van der Waals surface area contributed by atoms with Gasteiger partial charge in [-0.1, -0.05) is 18.5 Å². The maximum atomic E-state index is 5.65. The van der Waals surface area contributed by atoms with Crippen molar-refractivity contribution in [1.29, 1.82) is 0 Å². The van der Waals surface area contributed by atoms with Gasteiger partial charge in [0, 0.05) is 11.5 Å². The van der Waals surface area contributed by atoms with Crippen LogP contribution in [0.25, 0.3) is 0 Å². The predicted octanol–water partition coefficient (Wildman–Crippen LogP) is 2.47. The maximum absolute atomic E-state index is 5.65. The summed E-state index contributed by atoms with van der Waals surface area (Å²) >= 11 is 0. The third-order valence-corrected chi connectivity index (χ3v) is 3.19. The molecule has 1 aromatic rings. The van der Waals surface area contributed by atoms with Gasteiger partial charge in [0.1, 0.15) is 5.76 Å². The van der Waals surface area contributed by atoms with E-state index >= 15 is 0 Å². The van der Waals surface area contributed by atoms with Crippen molar-refractivity contribution in [3.05, 3.63) is 11.3 Å². The molecular formula is C10H16N2O. The van der Waals surface area contributed by atoms with Crippen LogP contribution < -0.4 is 5.73 Å². The Bertz CT molecular complexity index is 306. The average molecular weight is 180 g/mol. The summed E-state index contributed by atoms with van der Waals surface area (Å²) < 4.78 is 5.27. The molecule has 0 bridgehead atoms. The number of nitrogens with zero attached hydrogens (tertiary/aromatic N) is 1. The van der Waals surface area contributed by atoms with Gasteiger partial charge in [0.25, 0.3) is 0 Å². The smallest absolute Gasteiger partial charge is 0.170 e. The highest BCUT2D eigenvalue weighted by atomic mass is 16.5. The molecule has 1 aromatic heterocycles. The standard InChI is InChI=1S/C10H16N2O/c1-6-4-3-5-8(6)9-7(2)10(11)12-13-9/h6,8H,3-5H2,1-2H3,(H2,11,12). The van der Waals surface area contributed by atoms with Crippen molar-refractivity contribution in [1.82, 2.24) is 5.16 Å².